The SMILES string of the molecule is NC(N)=NCCCC(NC(=O)C(Cc1ccccc1)NC(=O)CNC(=O)C(N)CC(=O)O)C(=O)O. The molecule has 1 aromatic carbocycles. The highest BCUT2D eigenvalue weighted by molar-refractivity contribution is 5.93. The highest BCUT2D eigenvalue weighted by Crippen LogP contribution is 2.06. The van der Waals surface area contributed by atoms with Gasteiger partial charge >= 0.3 is 11.9 Å². The number of hydrogen-bond donors (Lipinski definition) is 8. The summed E-state index contributed by atoms with van der Waals surface area (Å²) in [4.78, 5) is 63.1. The smallest absolute Gasteiger partial charge is 0.326 e. The van der Waals surface area contributed by atoms with Crippen LogP contribution >= 0.6 is 0 Å². The molecule has 3 unspecified atom stereocenters. The normalized spacial score (nSPS) is 12.9. The van der Waals surface area contributed by atoms with E-state index in [0.717, 1.165) is 0 Å². The number of benzene rings is 1. The summed E-state index contributed by atoms with van der Waals surface area (Å²) in [5.41, 5.74) is 16.6. The lowest BCUT2D eigenvalue weighted by atomic mass is 10.0. The van der Waals surface area contributed by atoms with E-state index in [9.17, 15) is 29.1 Å². The summed E-state index contributed by atoms with van der Waals surface area (Å²) in [5, 5.41) is 25.2. The zero-order chi connectivity index (χ0) is 26.4. The van der Waals surface area contributed by atoms with Gasteiger partial charge in [0.2, 0.25) is 17.7 Å². The summed E-state index contributed by atoms with van der Waals surface area (Å²) in [6.45, 7) is -0.387. The van der Waals surface area contributed by atoms with E-state index in [1.165, 1.54) is 0 Å². The van der Waals surface area contributed by atoms with Crippen LogP contribution in [0.3, 0.4) is 0 Å². The van der Waals surface area contributed by atoms with E-state index in [4.69, 9.17) is 22.3 Å². The maximum absolute atomic E-state index is 12.9. The number of carboxylic acids is 2. The molecular weight excluding hydrogens is 462 g/mol. The number of nitrogens with zero attached hydrogens (tertiary/aromatic N) is 1. The molecule has 0 saturated carbocycles. The quantitative estimate of drug-likeness (QED) is 0.0710. The lowest BCUT2D eigenvalue weighted by molar-refractivity contribution is -0.142. The second-order valence-corrected chi connectivity index (χ2v) is 7.58. The van der Waals surface area contributed by atoms with Crippen LogP contribution in [-0.2, 0) is 30.4 Å². The van der Waals surface area contributed by atoms with Crippen molar-refractivity contribution >= 4 is 35.6 Å². The largest absolute Gasteiger partial charge is 0.481 e. The van der Waals surface area contributed by atoms with Crippen LogP contribution in [0.25, 0.3) is 0 Å². The van der Waals surface area contributed by atoms with E-state index in [1.54, 1.807) is 30.3 Å². The van der Waals surface area contributed by atoms with Gasteiger partial charge in [0, 0.05) is 13.0 Å². The summed E-state index contributed by atoms with van der Waals surface area (Å²) in [7, 11) is 0. The van der Waals surface area contributed by atoms with Crippen LogP contribution in [0.2, 0.25) is 0 Å². The topological polar surface area (TPSA) is 252 Å². The van der Waals surface area contributed by atoms with Crippen molar-refractivity contribution in [3.63, 3.8) is 0 Å². The minimum atomic E-state index is -1.35. The standard InChI is InChI=1S/C21H31N7O7/c22-13(10-17(30)31)18(32)26-11-16(29)27-15(9-12-5-2-1-3-6-12)19(33)28-14(20(34)35)7-4-8-25-21(23)24/h1-3,5-6,13-15H,4,7-11,22H2,(H,26,32)(H,27,29)(H,28,33)(H,30,31)(H,34,35)(H4,23,24,25). The number of guanidine groups is 1. The summed E-state index contributed by atoms with van der Waals surface area (Å²) in [6.07, 6.45) is -0.244. The predicted molar refractivity (Wildman–Crippen MR) is 125 cm³/mol. The Balaban J connectivity index is 2.83. The van der Waals surface area contributed by atoms with Crippen LogP contribution in [0.1, 0.15) is 24.8 Å². The molecule has 0 aromatic heterocycles. The van der Waals surface area contributed by atoms with Gasteiger partial charge in [0.05, 0.1) is 19.0 Å². The second kappa shape index (κ2) is 14.8. The maximum Gasteiger partial charge on any atom is 0.326 e. The second-order valence-electron chi connectivity index (χ2n) is 7.58. The number of aliphatic carboxylic acids is 2. The van der Waals surface area contributed by atoms with Gasteiger partial charge in [-0.2, -0.15) is 0 Å². The molecule has 0 aliphatic rings. The van der Waals surface area contributed by atoms with E-state index >= 15 is 0 Å². The third-order valence-corrected chi connectivity index (χ3v) is 4.65. The first-order chi connectivity index (χ1) is 16.5. The number of aliphatic imine (C=N–C) groups is 1. The summed E-state index contributed by atoms with van der Waals surface area (Å²) < 4.78 is 0. The fraction of sp³-hybridized carbons (Fsp3) is 0.429. The van der Waals surface area contributed by atoms with Gasteiger partial charge in [-0.3, -0.25) is 24.2 Å². The molecule has 0 saturated heterocycles. The van der Waals surface area contributed by atoms with Gasteiger partial charge in [0.25, 0.3) is 0 Å². The van der Waals surface area contributed by atoms with Gasteiger partial charge in [0.1, 0.15) is 12.1 Å². The fourth-order valence-corrected chi connectivity index (χ4v) is 2.92. The number of rotatable bonds is 15. The number of amides is 3. The molecule has 1 aromatic rings. The lowest BCUT2D eigenvalue weighted by Gasteiger charge is -2.22. The van der Waals surface area contributed by atoms with Crippen molar-refractivity contribution in [1.82, 2.24) is 16.0 Å². The first kappa shape index (κ1) is 28.8. The van der Waals surface area contributed by atoms with E-state index in [2.05, 4.69) is 20.9 Å². The molecule has 14 heteroatoms. The first-order valence-electron chi connectivity index (χ1n) is 10.7. The predicted octanol–water partition coefficient (Wildman–Crippen LogP) is -2.74. The van der Waals surface area contributed by atoms with Gasteiger partial charge in [0.15, 0.2) is 5.96 Å². The Bertz CT molecular complexity index is 920. The molecule has 3 atom stereocenters. The molecule has 0 radical (unpaired) electrons. The Morgan fingerprint density at radius 3 is 2.17 bits per heavy atom. The molecule has 3 amide bonds. The van der Waals surface area contributed by atoms with Crippen molar-refractivity contribution in [2.75, 3.05) is 13.1 Å². The van der Waals surface area contributed by atoms with Crippen molar-refractivity contribution in [3.05, 3.63) is 35.9 Å². The highest BCUT2D eigenvalue weighted by Gasteiger charge is 2.27. The Morgan fingerprint density at radius 1 is 0.943 bits per heavy atom. The molecule has 0 aliphatic carbocycles. The number of hydrogen-bond acceptors (Lipinski definition) is 7. The van der Waals surface area contributed by atoms with Crippen LogP contribution in [0.5, 0.6) is 0 Å². The van der Waals surface area contributed by atoms with Gasteiger partial charge in [-0.15, -0.1) is 0 Å². The van der Waals surface area contributed by atoms with Gasteiger partial charge < -0.3 is 43.4 Å². The first-order valence-corrected chi connectivity index (χ1v) is 10.7. The van der Waals surface area contributed by atoms with Crippen molar-refractivity contribution in [1.29, 1.82) is 0 Å². The molecule has 11 N–H and O–H groups in total. The van der Waals surface area contributed by atoms with E-state index < -0.39 is 60.8 Å². The van der Waals surface area contributed by atoms with Crippen molar-refractivity contribution in [2.45, 2.75) is 43.8 Å². The average Bonchev–Trinajstić information content (AvgIpc) is 2.78. The minimum absolute atomic E-state index is 0.0430. The Labute approximate surface area is 201 Å². The Kier molecular flexibility index (Phi) is 12.2. The van der Waals surface area contributed by atoms with Crippen molar-refractivity contribution in [3.8, 4) is 0 Å². The number of carboxylic acid groups (broad SMARTS) is 2. The van der Waals surface area contributed by atoms with Gasteiger partial charge in [-0.05, 0) is 18.4 Å². The fourth-order valence-electron chi connectivity index (χ4n) is 2.92. The van der Waals surface area contributed by atoms with E-state index in [-0.39, 0.29) is 31.8 Å². The third kappa shape index (κ3) is 12.0. The molecule has 35 heavy (non-hydrogen) atoms. The lowest BCUT2D eigenvalue weighted by Crippen LogP contribution is -2.54. The molecule has 14 nitrogen and oxygen atoms in total. The summed E-state index contributed by atoms with van der Waals surface area (Å²) >= 11 is 0. The minimum Gasteiger partial charge on any atom is -0.481 e. The monoisotopic (exact) mass is 493 g/mol. The molecule has 0 spiro atoms. The Hall–Kier alpha value is -4.20. The number of nitrogens with two attached hydrogens (primary N) is 3. The third-order valence-electron chi connectivity index (χ3n) is 4.65. The maximum atomic E-state index is 12.9. The van der Waals surface area contributed by atoms with E-state index in [1.807, 2.05) is 0 Å². The van der Waals surface area contributed by atoms with Crippen LogP contribution in [0, 0.1) is 0 Å². The number of carbonyl (C=O) groups excluding carboxylic acids is 3. The molecule has 1 rings (SSSR count). The van der Waals surface area contributed by atoms with Crippen LogP contribution in [0.15, 0.2) is 35.3 Å². The highest BCUT2D eigenvalue weighted by atomic mass is 16.4. The number of carbonyl (C=O) groups is 5. The summed E-state index contributed by atoms with van der Waals surface area (Å²) in [6, 6.07) is 4.93. The molecule has 0 fully saturated rings. The van der Waals surface area contributed by atoms with Crippen LogP contribution < -0.4 is 33.2 Å². The molecule has 192 valence electrons. The molecule has 0 heterocycles. The molecular formula is C21H31N7O7. The Morgan fingerprint density at radius 2 is 1.60 bits per heavy atom. The molecule has 0 aliphatic heterocycles. The summed E-state index contributed by atoms with van der Waals surface area (Å²) in [5.74, 6) is -5.03. The number of nitrogens with one attached hydrogen (secondary N) is 3. The van der Waals surface area contributed by atoms with Crippen molar-refractivity contribution < 1.29 is 34.2 Å². The van der Waals surface area contributed by atoms with E-state index in [0.29, 0.717) is 5.56 Å². The van der Waals surface area contributed by atoms with Gasteiger partial charge in [-0.25, -0.2) is 4.79 Å². The zero-order valence-electron chi connectivity index (χ0n) is 19.0. The zero-order valence-corrected chi connectivity index (χ0v) is 19.0. The van der Waals surface area contributed by atoms with Gasteiger partial charge in [-0.1, -0.05) is 30.3 Å². The molecule has 0 bridgehead atoms. The van der Waals surface area contributed by atoms with Crippen LogP contribution in [0.4, 0.5) is 0 Å². The van der Waals surface area contributed by atoms with Crippen molar-refractivity contribution in [2.24, 2.45) is 22.2 Å². The van der Waals surface area contributed by atoms with Crippen LogP contribution in [-0.4, -0.2) is 77.0 Å². The average molecular weight is 494 g/mol.